The van der Waals surface area contributed by atoms with Crippen LogP contribution in [0.2, 0.25) is 0 Å². The van der Waals surface area contributed by atoms with Crippen molar-refractivity contribution >= 4 is 38.8 Å². The Kier molecular flexibility index (Phi) is 5.33. The zero-order valence-electron chi connectivity index (χ0n) is 14.4. The van der Waals surface area contributed by atoms with E-state index in [9.17, 15) is 4.79 Å². The van der Waals surface area contributed by atoms with Crippen LogP contribution in [-0.2, 0) is 11.2 Å². The van der Waals surface area contributed by atoms with Crippen molar-refractivity contribution in [1.82, 2.24) is 10.4 Å². The first-order valence-electron chi connectivity index (χ1n) is 7.78. The van der Waals surface area contributed by atoms with Crippen LogP contribution in [0, 0.1) is 0 Å². The lowest BCUT2D eigenvalue weighted by Gasteiger charge is -2.06. The van der Waals surface area contributed by atoms with E-state index in [2.05, 4.69) is 15.5 Å². The van der Waals surface area contributed by atoms with E-state index >= 15 is 0 Å². The first kappa shape index (κ1) is 17.7. The maximum absolute atomic E-state index is 12.1. The van der Waals surface area contributed by atoms with Gasteiger partial charge in [-0.05, 0) is 35.9 Å². The standard InChI is InChI=1S/C18H18N4O3S/c1-24-13-4-6-15(25-2)12(9-13)10-20-22-17(23)8-11-3-5-14-16(7-11)26-18(19)21-14/h3-7,9-10H,8H2,1-2H3,(H2,19,21)(H,22,23)/b20-10-. The highest BCUT2D eigenvalue weighted by Crippen LogP contribution is 2.25. The highest BCUT2D eigenvalue weighted by atomic mass is 32.1. The van der Waals surface area contributed by atoms with E-state index in [4.69, 9.17) is 15.2 Å². The Bertz CT molecular complexity index is 968. The molecule has 1 aromatic heterocycles. The first-order chi connectivity index (χ1) is 12.6. The molecule has 26 heavy (non-hydrogen) atoms. The molecule has 2 aromatic carbocycles. The summed E-state index contributed by atoms with van der Waals surface area (Å²) >= 11 is 1.40. The van der Waals surface area contributed by atoms with Gasteiger partial charge in [0.1, 0.15) is 11.5 Å². The molecule has 0 aliphatic carbocycles. The molecule has 3 aromatic rings. The highest BCUT2D eigenvalue weighted by Gasteiger charge is 2.07. The Morgan fingerprint density at radius 1 is 1.27 bits per heavy atom. The highest BCUT2D eigenvalue weighted by molar-refractivity contribution is 7.22. The van der Waals surface area contributed by atoms with Gasteiger partial charge in [-0.2, -0.15) is 5.10 Å². The van der Waals surface area contributed by atoms with E-state index in [-0.39, 0.29) is 12.3 Å². The fourth-order valence-corrected chi connectivity index (χ4v) is 3.23. The summed E-state index contributed by atoms with van der Waals surface area (Å²) in [6.45, 7) is 0. The second-order valence-corrected chi connectivity index (χ2v) is 6.49. The second kappa shape index (κ2) is 7.83. The van der Waals surface area contributed by atoms with Crippen molar-refractivity contribution in [2.24, 2.45) is 5.10 Å². The number of fused-ring (bicyclic) bond motifs is 1. The topological polar surface area (TPSA) is 98.8 Å². The number of amides is 1. The van der Waals surface area contributed by atoms with E-state index in [1.54, 1.807) is 32.4 Å². The predicted molar refractivity (Wildman–Crippen MR) is 103 cm³/mol. The number of nitrogens with two attached hydrogens (primary N) is 1. The quantitative estimate of drug-likeness (QED) is 0.513. The zero-order chi connectivity index (χ0) is 18.5. The van der Waals surface area contributed by atoms with Gasteiger partial charge < -0.3 is 15.2 Å². The van der Waals surface area contributed by atoms with Gasteiger partial charge in [-0.25, -0.2) is 10.4 Å². The third-order valence-corrected chi connectivity index (χ3v) is 4.51. The average molecular weight is 370 g/mol. The van der Waals surface area contributed by atoms with Crippen LogP contribution in [-0.4, -0.2) is 31.3 Å². The molecule has 0 saturated heterocycles. The van der Waals surface area contributed by atoms with E-state index in [1.807, 2.05) is 18.2 Å². The van der Waals surface area contributed by atoms with Crippen LogP contribution < -0.4 is 20.6 Å². The molecule has 1 heterocycles. The minimum Gasteiger partial charge on any atom is -0.497 e. The molecular weight excluding hydrogens is 352 g/mol. The van der Waals surface area contributed by atoms with Crippen molar-refractivity contribution in [3.8, 4) is 11.5 Å². The van der Waals surface area contributed by atoms with Gasteiger partial charge in [0.25, 0.3) is 0 Å². The van der Waals surface area contributed by atoms with Crippen LogP contribution in [0.5, 0.6) is 11.5 Å². The summed E-state index contributed by atoms with van der Waals surface area (Å²) in [4.78, 5) is 16.3. The average Bonchev–Trinajstić information content (AvgIpc) is 3.00. The third kappa shape index (κ3) is 4.09. The number of carbonyl (C=O) groups excluding carboxylic acids is 1. The Morgan fingerprint density at radius 3 is 2.88 bits per heavy atom. The molecule has 0 saturated carbocycles. The molecule has 0 aliphatic heterocycles. The van der Waals surface area contributed by atoms with Crippen LogP contribution >= 0.6 is 11.3 Å². The summed E-state index contributed by atoms with van der Waals surface area (Å²) in [6, 6.07) is 11.0. The molecule has 7 nitrogen and oxygen atoms in total. The number of hydrogen-bond acceptors (Lipinski definition) is 7. The van der Waals surface area contributed by atoms with Gasteiger partial charge in [-0.1, -0.05) is 17.4 Å². The number of thiazole rings is 1. The summed E-state index contributed by atoms with van der Waals surface area (Å²) in [7, 11) is 3.15. The van der Waals surface area contributed by atoms with Crippen molar-refractivity contribution in [3.05, 3.63) is 47.5 Å². The maximum atomic E-state index is 12.1. The Morgan fingerprint density at radius 2 is 2.12 bits per heavy atom. The van der Waals surface area contributed by atoms with Crippen molar-refractivity contribution in [3.63, 3.8) is 0 Å². The maximum Gasteiger partial charge on any atom is 0.244 e. The molecule has 0 fully saturated rings. The minimum atomic E-state index is -0.222. The third-order valence-electron chi connectivity index (χ3n) is 3.66. The van der Waals surface area contributed by atoms with E-state index in [1.165, 1.54) is 17.6 Å². The van der Waals surface area contributed by atoms with Gasteiger partial charge >= 0.3 is 0 Å². The van der Waals surface area contributed by atoms with Crippen LogP contribution in [0.25, 0.3) is 10.2 Å². The molecule has 8 heteroatoms. The number of ether oxygens (including phenoxy) is 2. The normalized spacial score (nSPS) is 11.0. The zero-order valence-corrected chi connectivity index (χ0v) is 15.2. The first-order valence-corrected chi connectivity index (χ1v) is 8.59. The Labute approximate surface area is 154 Å². The summed E-state index contributed by atoms with van der Waals surface area (Å²) in [5.74, 6) is 1.09. The number of nitrogens with one attached hydrogen (secondary N) is 1. The Hall–Kier alpha value is -3.13. The second-order valence-electron chi connectivity index (χ2n) is 5.43. The lowest BCUT2D eigenvalue weighted by atomic mass is 10.1. The molecule has 1 amide bonds. The smallest absolute Gasteiger partial charge is 0.244 e. The molecule has 0 atom stereocenters. The van der Waals surface area contributed by atoms with Crippen LogP contribution in [0.4, 0.5) is 5.13 Å². The number of hydrogen-bond donors (Lipinski definition) is 2. The summed E-state index contributed by atoms with van der Waals surface area (Å²) in [6.07, 6.45) is 1.73. The van der Waals surface area contributed by atoms with Gasteiger partial charge in [-0.3, -0.25) is 4.79 Å². The van der Waals surface area contributed by atoms with E-state index in [0.29, 0.717) is 22.2 Å². The lowest BCUT2D eigenvalue weighted by molar-refractivity contribution is -0.120. The lowest BCUT2D eigenvalue weighted by Crippen LogP contribution is -2.19. The number of methoxy groups -OCH3 is 2. The van der Waals surface area contributed by atoms with E-state index < -0.39 is 0 Å². The van der Waals surface area contributed by atoms with Gasteiger partial charge in [0.05, 0.1) is 37.1 Å². The molecule has 3 N–H and O–H groups in total. The number of carbonyl (C=O) groups is 1. The van der Waals surface area contributed by atoms with Gasteiger partial charge in [0.2, 0.25) is 5.91 Å². The molecular formula is C18H18N4O3S. The van der Waals surface area contributed by atoms with Crippen molar-refractivity contribution in [2.75, 3.05) is 20.0 Å². The number of benzene rings is 2. The molecule has 0 bridgehead atoms. The summed E-state index contributed by atoms with van der Waals surface area (Å²) in [5.41, 5.74) is 10.6. The number of nitrogen functional groups attached to an aromatic ring is 1. The van der Waals surface area contributed by atoms with Crippen molar-refractivity contribution in [1.29, 1.82) is 0 Å². The van der Waals surface area contributed by atoms with Crippen molar-refractivity contribution < 1.29 is 14.3 Å². The summed E-state index contributed by atoms with van der Waals surface area (Å²) < 4.78 is 11.4. The number of rotatable bonds is 6. The molecule has 0 radical (unpaired) electrons. The molecule has 0 spiro atoms. The van der Waals surface area contributed by atoms with Gasteiger partial charge in [0.15, 0.2) is 5.13 Å². The fraction of sp³-hybridized carbons (Fsp3) is 0.167. The number of hydrazone groups is 1. The largest absolute Gasteiger partial charge is 0.497 e. The monoisotopic (exact) mass is 370 g/mol. The number of anilines is 1. The number of nitrogens with zero attached hydrogens (tertiary/aromatic N) is 2. The van der Waals surface area contributed by atoms with E-state index in [0.717, 1.165) is 15.8 Å². The molecule has 134 valence electrons. The van der Waals surface area contributed by atoms with Gasteiger partial charge in [-0.15, -0.1) is 0 Å². The molecule has 0 unspecified atom stereocenters. The van der Waals surface area contributed by atoms with Crippen LogP contribution in [0.1, 0.15) is 11.1 Å². The molecule has 3 rings (SSSR count). The Balaban J connectivity index is 1.65. The van der Waals surface area contributed by atoms with Crippen molar-refractivity contribution in [2.45, 2.75) is 6.42 Å². The number of aromatic nitrogens is 1. The minimum absolute atomic E-state index is 0.209. The predicted octanol–water partition coefficient (Wildman–Crippen LogP) is 2.59. The molecule has 0 aliphatic rings. The summed E-state index contributed by atoms with van der Waals surface area (Å²) in [5, 5.41) is 4.51. The van der Waals surface area contributed by atoms with Gasteiger partial charge in [0, 0.05) is 5.56 Å². The van der Waals surface area contributed by atoms with Crippen LogP contribution in [0.3, 0.4) is 0 Å². The SMILES string of the molecule is COc1ccc(OC)c(/C=N\NC(=O)Cc2ccc3nc(N)sc3c2)c1. The van der Waals surface area contributed by atoms with Crippen LogP contribution in [0.15, 0.2) is 41.5 Å². The fourth-order valence-electron chi connectivity index (χ4n) is 2.44.